The van der Waals surface area contributed by atoms with Crippen LogP contribution in [-0.4, -0.2) is 13.1 Å². The summed E-state index contributed by atoms with van der Waals surface area (Å²) in [4.78, 5) is 0. The lowest BCUT2D eigenvalue weighted by Gasteiger charge is -2.52. The Kier molecular flexibility index (Phi) is 4.11. The molecule has 3 unspecified atom stereocenters. The van der Waals surface area contributed by atoms with Gasteiger partial charge in [-0.2, -0.15) is 0 Å². The SMILES string of the molecule is CCC1CCCCC12CCNCC2c1ccc(F)cc1. The van der Waals surface area contributed by atoms with E-state index in [9.17, 15) is 4.39 Å². The quantitative estimate of drug-likeness (QED) is 0.838. The number of benzene rings is 1. The van der Waals surface area contributed by atoms with Gasteiger partial charge in [-0.3, -0.25) is 0 Å². The van der Waals surface area contributed by atoms with Gasteiger partial charge in [0.05, 0.1) is 0 Å². The molecule has 1 nitrogen and oxygen atoms in total. The Morgan fingerprint density at radius 3 is 2.75 bits per heavy atom. The summed E-state index contributed by atoms with van der Waals surface area (Å²) in [7, 11) is 0. The van der Waals surface area contributed by atoms with Crippen LogP contribution in [-0.2, 0) is 0 Å². The predicted molar refractivity (Wildman–Crippen MR) is 81.3 cm³/mol. The second-order valence-corrected chi connectivity index (χ2v) is 6.64. The fourth-order valence-corrected chi connectivity index (χ4v) is 4.82. The van der Waals surface area contributed by atoms with E-state index in [2.05, 4.69) is 12.2 Å². The summed E-state index contributed by atoms with van der Waals surface area (Å²) >= 11 is 0. The van der Waals surface area contributed by atoms with Crippen molar-refractivity contribution in [3.8, 4) is 0 Å². The van der Waals surface area contributed by atoms with E-state index in [1.54, 1.807) is 12.1 Å². The molecule has 0 radical (unpaired) electrons. The maximum absolute atomic E-state index is 13.2. The summed E-state index contributed by atoms with van der Waals surface area (Å²) in [6.07, 6.45) is 8.08. The van der Waals surface area contributed by atoms with Crippen LogP contribution in [0, 0.1) is 17.2 Å². The molecule has 1 saturated carbocycles. The number of hydrogen-bond donors (Lipinski definition) is 1. The van der Waals surface area contributed by atoms with Gasteiger partial charge in [-0.05, 0) is 54.8 Å². The maximum atomic E-state index is 13.2. The highest BCUT2D eigenvalue weighted by Crippen LogP contribution is 2.55. The third-order valence-corrected chi connectivity index (χ3v) is 5.83. The van der Waals surface area contributed by atoms with Crippen molar-refractivity contribution >= 4 is 0 Å². The van der Waals surface area contributed by atoms with Crippen molar-refractivity contribution in [3.63, 3.8) is 0 Å². The van der Waals surface area contributed by atoms with Crippen molar-refractivity contribution in [2.45, 2.75) is 51.4 Å². The van der Waals surface area contributed by atoms with Crippen LogP contribution in [0.5, 0.6) is 0 Å². The number of halogens is 1. The highest BCUT2D eigenvalue weighted by Gasteiger charge is 2.47. The van der Waals surface area contributed by atoms with E-state index in [-0.39, 0.29) is 5.82 Å². The van der Waals surface area contributed by atoms with E-state index < -0.39 is 0 Å². The van der Waals surface area contributed by atoms with Gasteiger partial charge in [0.1, 0.15) is 5.82 Å². The molecular formula is C18H26FN. The van der Waals surface area contributed by atoms with Crippen LogP contribution >= 0.6 is 0 Å². The first kappa shape index (κ1) is 14.1. The van der Waals surface area contributed by atoms with E-state index in [0.717, 1.165) is 19.0 Å². The summed E-state index contributed by atoms with van der Waals surface area (Å²) in [5, 5.41) is 3.57. The van der Waals surface area contributed by atoms with Gasteiger partial charge in [-0.25, -0.2) is 4.39 Å². The third kappa shape index (κ3) is 2.39. The Balaban J connectivity index is 1.95. The molecule has 1 heterocycles. The summed E-state index contributed by atoms with van der Waals surface area (Å²) in [6, 6.07) is 7.27. The average Bonchev–Trinajstić information content (AvgIpc) is 2.49. The summed E-state index contributed by atoms with van der Waals surface area (Å²) in [6.45, 7) is 4.55. The van der Waals surface area contributed by atoms with Gasteiger partial charge in [0, 0.05) is 12.5 Å². The molecule has 2 fully saturated rings. The molecular weight excluding hydrogens is 249 g/mol. The van der Waals surface area contributed by atoms with Crippen molar-refractivity contribution in [2.75, 3.05) is 13.1 Å². The van der Waals surface area contributed by atoms with Gasteiger partial charge in [-0.1, -0.05) is 38.3 Å². The Bertz CT molecular complexity index is 435. The zero-order chi connectivity index (χ0) is 14.0. The normalized spacial score (nSPS) is 34.3. The molecule has 3 rings (SSSR count). The lowest BCUT2D eigenvalue weighted by molar-refractivity contribution is 0.0292. The van der Waals surface area contributed by atoms with Gasteiger partial charge < -0.3 is 5.32 Å². The topological polar surface area (TPSA) is 12.0 Å². The van der Waals surface area contributed by atoms with Crippen molar-refractivity contribution in [2.24, 2.45) is 11.3 Å². The molecule has 110 valence electrons. The summed E-state index contributed by atoms with van der Waals surface area (Å²) < 4.78 is 13.2. The minimum Gasteiger partial charge on any atom is -0.316 e. The molecule has 0 aromatic heterocycles. The van der Waals surface area contributed by atoms with Gasteiger partial charge in [-0.15, -0.1) is 0 Å². The number of piperidine rings is 1. The molecule has 0 bridgehead atoms. The van der Waals surface area contributed by atoms with E-state index in [1.807, 2.05) is 12.1 Å². The molecule has 1 spiro atoms. The first-order valence-corrected chi connectivity index (χ1v) is 8.22. The van der Waals surface area contributed by atoms with Gasteiger partial charge in [0.2, 0.25) is 0 Å². The number of rotatable bonds is 2. The molecule has 1 aliphatic heterocycles. The Labute approximate surface area is 122 Å². The second kappa shape index (κ2) is 5.85. The molecule has 2 heteroatoms. The molecule has 0 amide bonds. The van der Waals surface area contributed by atoms with E-state index >= 15 is 0 Å². The first-order chi connectivity index (χ1) is 9.76. The first-order valence-electron chi connectivity index (χ1n) is 8.22. The van der Waals surface area contributed by atoms with E-state index in [1.165, 1.54) is 44.1 Å². The van der Waals surface area contributed by atoms with Crippen LogP contribution in [0.2, 0.25) is 0 Å². The molecule has 1 aromatic carbocycles. The highest BCUT2D eigenvalue weighted by atomic mass is 19.1. The highest BCUT2D eigenvalue weighted by molar-refractivity contribution is 5.25. The Morgan fingerprint density at radius 2 is 2.00 bits per heavy atom. The second-order valence-electron chi connectivity index (χ2n) is 6.64. The lowest BCUT2D eigenvalue weighted by atomic mass is 9.55. The average molecular weight is 275 g/mol. The molecule has 3 atom stereocenters. The van der Waals surface area contributed by atoms with Crippen LogP contribution in [0.25, 0.3) is 0 Å². The van der Waals surface area contributed by atoms with Crippen LogP contribution in [0.3, 0.4) is 0 Å². The molecule has 1 aliphatic carbocycles. The van der Waals surface area contributed by atoms with E-state index in [4.69, 9.17) is 0 Å². The van der Waals surface area contributed by atoms with Crippen molar-refractivity contribution < 1.29 is 4.39 Å². The molecule has 20 heavy (non-hydrogen) atoms. The molecule has 1 N–H and O–H groups in total. The minimum absolute atomic E-state index is 0.123. The van der Waals surface area contributed by atoms with E-state index in [0.29, 0.717) is 11.3 Å². The van der Waals surface area contributed by atoms with Crippen LogP contribution < -0.4 is 5.32 Å². The molecule has 1 aromatic rings. The minimum atomic E-state index is -0.123. The van der Waals surface area contributed by atoms with Gasteiger partial charge in [0.25, 0.3) is 0 Å². The maximum Gasteiger partial charge on any atom is 0.123 e. The molecule has 1 saturated heterocycles. The third-order valence-electron chi connectivity index (χ3n) is 5.83. The smallest absolute Gasteiger partial charge is 0.123 e. The zero-order valence-corrected chi connectivity index (χ0v) is 12.5. The van der Waals surface area contributed by atoms with Crippen molar-refractivity contribution in [1.29, 1.82) is 0 Å². The van der Waals surface area contributed by atoms with Crippen molar-refractivity contribution in [3.05, 3.63) is 35.6 Å². The lowest BCUT2D eigenvalue weighted by Crippen LogP contribution is -2.49. The van der Waals surface area contributed by atoms with Crippen LogP contribution in [0.15, 0.2) is 24.3 Å². The summed E-state index contributed by atoms with van der Waals surface area (Å²) in [5.41, 5.74) is 1.79. The number of hydrogen-bond acceptors (Lipinski definition) is 1. The Hall–Kier alpha value is -0.890. The van der Waals surface area contributed by atoms with Gasteiger partial charge >= 0.3 is 0 Å². The monoisotopic (exact) mass is 275 g/mol. The predicted octanol–water partition coefficient (Wildman–Crippen LogP) is 4.49. The zero-order valence-electron chi connectivity index (χ0n) is 12.5. The van der Waals surface area contributed by atoms with Gasteiger partial charge in [0.15, 0.2) is 0 Å². The van der Waals surface area contributed by atoms with Crippen LogP contribution in [0.1, 0.15) is 56.9 Å². The largest absolute Gasteiger partial charge is 0.316 e. The van der Waals surface area contributed by atoms with Crippen molar-refractivity contribution in [1.82, 2.24) is 5.32 Å². The standard InChI is InChI=1S/C18H26FN/c1-2-15-5-3-4-10-18(15)11-12-20-13-17(18)14-6-8-16(19)9-7-14/h6-9,15,17,20H,2-5,10-13H2,1H3. The molecule has 2 aliphatic rings. The Morgan fingerprint density at radius 1 is 1.20 bits per heavy atom. The van der Waals surface area contributed by atoms with Crippen LogP contribution in [0.4, 0.5) is 4.39 Å². The summed E-state index contributed by atoms with van der Waals surface area (Å²) in [5.74, 6) is 1.28. The fourth-order valence-electron chi connectivity index (χ4n) is 4.82. The number of nitrogens with one attached hydrogen (secondary N) is 1. The fraction of sp³-hybridized carbons (Fsp3) is 0.667.